The highest BCUT2D eigenvalue weighted by Gasteiger charge is 2.31. The summed E-state index contributed by atoms with van der Waals surface area (Å²) in [6.07, 6.45) is 3.94. The molecule has 27 heavy (non-hydrogen) atoms. The monoisotopic (exact) mass is 388 g/mol. The van der Waals surface area contributed by atoms with Gasteiger partial charge in [-0.1, -0.05) is 36.2 Å². The molecule has 2 aromatic rings. The molecule has 3 rings (SSSR count). The lowest BCUT2D eigenvalue weighted by molar-refractivity contribution is -0.143. The number of nitrogens with zero attached hydrogens (tertiary/aromatic N) is 1. The Morgan fingerprint density at radius 1 is 1.15 bits per heavy atom. The maximum absolute atomic E-state index is 12.5. The minimum Gasteiger partial charge on any atom is -0.481 e. The third-order valence-electron chi connectivity index (χ3n) is 4.94. The van der Waals surface area contributed by atoms with E-state index in [1.54, 1.807) is 18.3 Å². The normalized spacial score (nSPS) is 19.4. The van der Waals surface area contributed by atoms with Gasteiger partial charge in [0, 0.05) is 23.2 Å². The van der Waals surface area contributed by atoms with Gasteiger partial charge in [-0.3, -0.25) is 14.4 Å². The molecular weight excluding hydrogens is 368 g/mol. The minimum absolute atomic E-state index is 0.198. The number of nitrogens with one attached hydrogen (secondary N) is 1. The van der Waals surface area contributed by atoms with Crippen LogP contribution >= 0.6 is 11.6 Å². The van der Waals surface area contributed by atoms with Gasteiger partial charge in [0.2, 0.25) is 5.91 Å². The highest BCUT2D eigenvalue weighted by molar-refractivity contribution is 6.31. The van der Waals surface area contributed by atoms with Crippen LogP contribution in [0.4, 0.5) is 5.69 Å². The lowest BCUT2D eigenvalue weighted by Gasteiger charge is -2.25. The highest BCUT2D eigenvalue weighted by atomic mass is 35.5. The first-order chi connectivity index (χ1) is 12.9. The summed E-state index contributed by atoms with van der Waals surface area (Å²) in [6, 6.07) is 10.2. The van der Waals surface area contributed by atoms with E-state index in [9.17, 15) is 19.5 Å². The van der Waals surface area contributed by atoms with Crippen molar-refractivity contribution in [3.8, 4) is 0 Å². The zero-order chi connectivity index (χ0) is 19.4. The molecule has 142 valence electrons. The number of amides is 1. The summed E-state index contributed by atoms with van der Waals surface area (Å²) in [5.41, 5.74) is 1.11. The molecule has 6 nitrogen and oxygen atoms in total. The van der Waals surface area contributed by atoms with E-state index in [0.717, 1.165) is 12.0 Å². The number of hydrogen-bond acceptors (Lipinski definition) is 3. The SMILES string of the molecule is O=C(O)C1CCCC(C(=O)Nc2ccc(=O)n(Cc3ccccc3Cl)c2)C1. The van der Waals surface area contributed by atoms with E-state index >= 15 is 0 Å². The van der Waals surface area contributed by atoms with E-state index in [1.165, 1.54) is 10.6 Å². The zero-order valence-electron chi connectivity index (χ0n) is 14.7. The van der Waals surface area contributed by atoms with Crippen LogP contribution in [0, 0.1) is 11.8 Å². The molecule has 0 saturated heterocycles. The van der Waals surface area contributed by atoms with Crippen LogP contribution in [0.15, 0.2) is 47.4 Å². The molecular formula is C20H21ClN2O4. The van der Waals surface area contributed by atoms with Crippen LogP contribution in [0.2, 0.25) is 5.02 Å². The largest absolute Gasteiger partial charge is 0.481 e. The molecule has 1 heterocycles. The summed E-state index contributed by atoms with van der Waals surface area (Å²) in [6.45, 7) is 0.298. The van der Waals surface area contributed by atoms with Gasteiger partial charge in [-0.15, -0.1) is 0 Å². The average Bonchev–Trinajstić information content (AvgIpc) is 2.66. The van der Waals surface area contributed by atoms with Crippen molar-refractivity contribution < 1.29 is 14.7 Å². The Morgan fingerprint density at radius 2 is 1.89 bits per heavy atom. The Labute approximate surface area is 161 Å². The second kappa shape index (κ2) is 8.39. The zero-order valence-corrected chi connectivity index (χ0v) is 15.5. The van der Waals surface area contributed by atoms with E-state index in [-0.39, 0.29) is 17.4 Å². The number of halogens is 1. The number of carbonyl (C=O) groups excluding carboxylic acids is 1. The molecule has 2 N–H and O–H groups in total. The molecule has 1 fully saturated rings. The van der Waals surface area contributed by atoms with Crippen molar-refractivity contribution in [2.45, 2.75) is 32.2 Å². The molecule has 1 aliphatic rings. The van der Waals surface area contributed by atoms with Crippen LogP contribution in [-0.4, -0.2) is 21.6 Å². The van der Waals surface area contributed by atoms with Gasteiger partial charge >= 0.3 is 5.97 Å². The summed E-state index contributed by atoms with van der Waals surface area (Å²) in [5.74, 6) is -1.85. The molecule has 1 aromatic carbocycles. The van der Waals surface area contributed by atoms with Crippen LogP contribution in [0.1, 0.15) is 31.2 Å². The standard InChI is InChI=1S/C20H21ClN2O4/c21-17-7-2-1-4-15(17)11-23-12-16(8-9-18(23)24)22-19(25)13-5-3-6-14(10-13)20(26)27/h1-2,4,7-9,12-14H,3,5-6,10-11H2,(H,22,25)(H,26,27). The van der Waals surface area contributed by atoms with Gasteiger partial charge < -0.3 is 15.0 Å². The van der Waals surface area contributed by atoms with Crippen molar-refractivity contribution in [2.75, 3.05) is 5.32 Å². The molecule has 1 amide bonds. The van der Waals surface area contributed by atoms with Gasteiger partial charge in [-0.25, -0.2) is 0 Å². The number of hydrogen-bond donors (Lipinski definition) is 2. The Kier molecular flexibility index (Phi) is 5.96. The molecule has 1 saturated carbocycles. The number of aliphatic carboxylic acids is 1. The van der Waals surface area contributed by atoms with E-state index in [0.29, 0.717) is 36.5 Å². The van der Waals surface area contributed by atoms with Gasteiger partial charge in [0.1, 0.15) is 0 Å². The summed E-state index contributed by atoms with van der Waals surface area (Å²) < 4.78 is 1.48. The van der Waals surface area contributed by atoms with Crippen LogP contribution in [0.25, 0.3) is 0 Å². The summed E-state index contributed by atoms with van der Waals surface area (Å²) >= 11 is 6.16. The highest BCUT2D eigenvalue weighted by Crippen LogP contribution is 2.30. The van der Waals surface area contributed by atoms with Crippen molar-refractivity contribution in [3.05, 3.63) is 63.5 Å². The van der Waals surface area contributed by atoms with E-state index < -0.39 is 11.9 Å². The Balaban J connectivity index is 1.72. The number of pyridine rings is 1. The molecule has 1 aliphatic carbocycles. The summed E-state index contributed by atoms with van der Waals surface area (Å²) in [4.78, 5) is 35.8. The van der Waals surface area contributed by atoms with Gasteiger partial charge in [0.25, 0.3) is 5.56 Å². The number of rotatable bonds is 5. The number of carboxylic acids is 1. The predicted molar refractivity (Wildman–Crippen MR) is 103 cm³/mol. The van der Waals surface area contributed by atoms with E-state index in [4.69, 9.17) is 11.6 Å². The number of carbonyl (C=O) groups is 2. The maximum Gasteiger partial charge on any atom is 0.306 e. The quantitative estimate of drug-likeness (QED) is 0.821. The molecule has 0 aliphatic heterocycles. The second-order valence-corrected chi connectivity index (χ2v) is 7.27. The fraction of sp³-hybridized carbons (Fsp3) is 0.350. The average molecular weight is 389 g/mol. The lowest BCUT2D eigenvalue weighted by Crippen LogP contribution is -2.31. The van der Waals surface area contributed by atoms with E-state index in [2.05, 4.69) is 5.32 Å². The van der Waals surface area contributed by atoms with Crippen molar-refractivity contribution in [1.29, 1.82) is 0 Å². The van der Waals surface area contributed by atoms with Crippen molar-refractivity contribution in [3.63, 3.8) is 0 Å². The fourth-order valence-corrected chi connectivity index (χ4v) is 3.63. The van der Waals surface area contributed by atoms with Gasteiger partial charge in [-0.2, -0.15) is 0 Å². The first-order valence-corrected chi connectivity index (χ1v) is 9.29. The third kappa shape index (κ3) is 4.77. The molecule has 2 atom stereocenters. The molecule has 7 heteroatoms. The molecule has 2 unspecified atom stereocenters. The van der Waals surface area contributed by atoms with Gasteiger partial charge in [-0.05, 0) is 37.0 Å². The first-order valence-electron chi connectivity index (χ1n) is 8.91. The molecule has 1 aromatic heterocycles. The maximum atomic E-state index is 12.5. The smallest absolute Gasteiger partial charge is 0.306 e. The second-order valence-electron chi connectivity index (χ2n) is 6.86. The molecule has 0 radical (unpaired) electrons. The van der Waals surface area contributed by atoms with Crippen molar-refractivity contribution in [1.82, 2.24) is 4.57 Å². The Bertz CT molecular complexity index is 909. The molecule has 0 spiro atoms. The van der Waals surface area contributed by atoms with Crippen LogP contribution in [0.5, 0.6) is 0 Å². The van der Waals surface area contributed by atoms with Crippen LogP contribution < -0.4 is 10.9 Å². The van der Waals surface area contributed by atoms with Gasteiger partial charge in [0.05, 0.1) is 18.2 Å². The third-order valence-corrected chi connectivity index (χ3v) is 5.31. The minimum atomic E-state index is -0.846. The van der Waals surface area contributed by atoms with E-state index in [1.807, 2.05) is 18.2 Å². The number of aromatic nitrogens is 1. The lowest BCUT2D eigenvalue weighted by atomic mass is 9.81. The number of benzene rings is 1. The molecule has 0 bridgehead atoms. The van der Waals surface area contributed by atoms with Crippen molar-refractivity contribution in [2.24, 2.45) is 11.8 Å². The van der Waals surface area contributed by atoms with Crippen molar-refractivity contribution >= 4 is 29.2 Å². The topological polar surface area (TPSA) is 88.4 Å². The summed E-state index contributed by atoms with van der Waals surface area (Å²) in [5, 5.41) is 12.6. The number of anilines is 1. The summed E-state index contributed by atoms with van der Waals surface area (Å²) in [7, 11) is 0. The fourth-order valence-electron chi connectivity index (χ4n) is 3.44. The number of carboxylic acid groups (broad SMARTS) is 1. The van der Waals surface area contributed by atoms with Crippen LogP contribution in [-0.2, 0) is 16.1 Å². The first kappa shape index (κ1) is 19.2. The van der Waals surface area contributed by atoms with Gasteiger partial charge in [0.15, 0.2) is 0 Å². The Hall–Kier alpha value is -2.60. The Morgan fingerprint density at radius 3 is 2.63 bits per heavy atom. The predicted octanol–water partition coefficient (Wildman–Crippen LogP) is 3.38. The van der Waals surface area contributed by atoms with Crippen LogP contribution in [0.3, 0.4) is 0 Å².